The van der Waals surface area contributed by atoms with Crippen molar-refractivity contribution in [3.05, 3.63) is 89.5 Å². The van der Waals surface area contributed by atoms with Crippen molar-refractivity contribution in [2.75, 3.05) is 13.1 Å². The Kier molecular flexibility index (Phi) is 5.78. The molecule has 1 aliphatic carbocycles. The van der Waals surface area contributed by atoms with Gasteiger partial charge in [0, 0.05) is 19.1 Å². The van der Waals surface area contributed by atoms with Gasteiger partial charge in [-0.2, -0.15) is 4.31 Å². The van der Waals surface area contributed by atoms with Gasteiger partial charge in [0.1, 0.15) is 0 Å². The van der Waals surface area contributed by atoms with Crippen LogP contribution in [-0.4, -0.2) is 25.8 Å². The fourth-order valence-corrected chi connectivity index (χ4v) is 5.78. The third-order valence-electron chi connectivity index (χ3n) is 5.97. The monoisotopic (exact) mass is 420 g/mol. The second-order valence-electron chi connectivity index (χ2n) is 7.65. The standard InChI is InChI=1S/C25H28N2O2S/c1-4-27(5-2)30(28,29)20-16-14-19(15-17-20)18(3)26-25-23-12-8-6-10-21(23)22-11-7-9-13-24(22)25/h6-18,25-26H,4-5H2,1-3H3/t18-/m1/s1. The summed E-state index contributed by atoms with van der Waals surface area (Å²) in [5.41, 5.74) is 6.19. The zero-order valence-corrected chi connectivity index (χ0v) is 18.5. The van der Waals surface area contributed by atoms with Crippen LogP contribution in [0.1, 0.15) is 49.5 Å². The van der Waals surface area contributed by atoms with Crippen LogP contribution in [0.2, 0.25) is 0 Å². The van der Waals surface area contributed by atoms with E-state index >= 15 is 0 Å². The van der Waals surface area contributed by atoms with E-state index in [1.165, 1.54) is 26.6 Å². The second-order valence-corrected chi connectivity index (χ2v) is 9.59. The Morgan fingerprint density at radius 2 is 1.33 bits per heavy atom. The predicted octanol–water partition coefficient (Wildman–Crippen LogP) is 5.14. The summed E-state index contributed by atoms with van der Waals surface area (Å²) in [7, 11) is -3.43. The Morgan fingerprint density at radius 1 is 0.833 bits per heavy atom. The predicted molar refractivity (Wildman–Crippen MR) is 122 cm³/mol. The molecule has 0 aromatic heterocycles. The molecule has 3 aromatic rings. The van der Waals surface area contributed by atoms with E-state index in [1.807, 2.05) is 26.0 Å². The zero-order valence-electron chi connectivity index (χ0n) is 17.7. The highest BCUT2D eigenvalue weighted by molar-refractivity contribution is 7.89. The molecule has 0 radical (unpaired) electrons. The second kappa shape index (κ2) is 8.34. The number of hydrogen-bond donors (Lipinski definition) is 1. The zero-order chi connectivity index (χ0) is 21.3. The molecule has 3 aromatic carbocycles. The molecule has 1 N–H and O–H groups in total. The van der Waals surface area contributed by atoms with Gasteiger partial charge in [-0.15, -0.1) is 0 Å². The van der Waals surface area contributed by atoms with Crippen LogP contribution in [0, 0.1) is 0 Å². The smallest absolute Gasteiger partial charge is 0.243 e. The van der Waals surface area contributed by atoms with Gasteiger partial charge in [-0.3, -0.25) is 5.32 Å². The van der Waals surface area contributed by atoms with Gasteiger partial charge in [0.2, 0.25) is 10.0 Å². The lowest BCUT2D eigenvalue weighted by Crippen LogP contribution is -2.30. The van der Waals surface area contributed by atoms with Crippen molar-refractivity contribution in [3.8, 4) is 11.1 Å². The van der Waals surface area contributed by atoms with Crippen molar-refractivity contribution in [2.45, 2.75) is 37.8 Å². The highest BCUT2D eigenvalue weighted by Gasteiger charge is 2.29. The number of nitrogens with one attached hydrogen (secondary N) is 1. The summed E-state index contributed by atoms with van der Waals surface area (Å²) in [6, 6.07) is 24.5. The lowest BCUT2D eigenvalue weighted by atomic mass is 10.0. The van der Waals surface area contributed by atoms with E-state index in [0.29, 0.717) is 18.0 Å². The van der Waals surface area contributed by atoms with Crippen molar-refractivity contribution in [3.63, 3.8) is 0 Å². The van der Waals surface area contributed by atoms with Crippen LogP contribution in [0.3, 0.4) is 0 Å². The molecule has 1 atom stereocenters. The van der Waals surface area contributed by atoms with Crippen LogP contribution >= 0.6 is 0 Å². The number of fused-ring (bicyclic) bond motifs is 3. The first-order valence-corrected chi connectivity index (χ1v) is 12.0. The molecule has 0 fully saturated rings. The third kappa shape index (κ3) is 3.58. The molecule has 1 aliphatic rings. The van der Waals surface area contributed by atoms with E-state index in [9.17, 15) is 8.42 Å². The maximum atomic E-state index is 12.7. The van der Waals surface area contributed by atoms with E-state index in [1.54, 1.807) is 12.1 Å². The summed E-state index contributed by atoms with van der Waals surface area (Å²) in [4.78, 5) is 0.346. The summed E-state index contributed by atoms with van der Waals surface area (Å²) in [6.45, 7) is 6.78. The summed E-state index contributed by atoms with van der Waals surface area (Å²) in [5, 5.41) is 3.75. The van der Waals surface area contributed by atoms with E-state index in [0.717, 1.165) is 5.56 Å². The van der Waals surface area contributed by atoms with Crippen molar-refractivity contribution in [2.24, 2.45) is 0 Å². The molecule has 4 nitrogen and oxygen atoms in total. The highest BCUT2D eigenvalue weighted by atomic mass is 32.2. The number of rotatable bonds is 7. The summed E-state index contributed by atoms with van der Waals surface area (Å²) >= 11 is 0. The Labute approximate surface area is 179 Å². The van der Waals surface area contributed by atoms with Crippen LogP contribution in [-0.2, 0) is 10.0 Å². The van der Waals surface area contributed by atoms with E-state index in [2.05, 4.69) is 60.8 Å². The molecule has 0 heterocycles. The summed E-state index contributed by atoms with van der Waals surface area (Å²) < 4.78 is 27.0. The molecule has 0 aliphatic heterocycles. The third-order valence-corrected chi connectivity index (χ3v) is 8.04. The average Bonchev–Trinajstić information content (AvgIpc) is 3.08. The fourth-order valence-electron chi connectivity index (χ4n) is 4.32. The van der Waals surface area contributed by atoms with Gasteiger partial charge in [0.15, 0.2) is 0 Å². The maximum absolute atomic E-state index is 12.7. The number of hydrogen-bond acceptors (Lipinski definition) is 3. The molecule has 5 heteroatoms. The molecule has 0 spiro atoms. The quantitative estimate of drug-likeness (QED) is 0.576. The normalized spacial score (nSPS) is 14.5. The molecule has 156 valence electrons. The van der Waals surface area contributed by atoms with Gasteiger partial charge in [0.05, 0.1) is 10.9 Å². The van der Waals surface area contributed by atoms with Crippen LogP contribution in [0.5, 0.6) is 0 Å². The maximum Gasteiger partial charge on any atom is 0.243 e. The summed E-state index contributed by atoms with van der Waals surface area (Å²) in [6.07, 6.45) is 0. The molecular weight excluding hydrogens is 392 g/mol. The molecular formula is C25H28N2O2S. The van der Waals surface area contributed by atoms with Crippen LogP contribution in [0.15, 0.2) is 77.7 Å². The number of nitrogens with zero attached hydrogens (tertiary/aromatic N) is 1. The van der Waals surface area contributed by atoms with Crippen LogP contribution in [0.25, 0.3) is 11.1 Å². The minimum absolute atomic E-state index is 0.0689. The van der Waals surface area contributed by atoms with Gasteiger partial charge in [-0.25, -0.2) is 8.42 Å². The highest BCUT2D eigenvalue weighted by Crippen LogP contribution is 2.44. The lowest BCUT2D eigenvalue weighted by molar-refractivity contribution is 0.445. The minimum Gasteiger partial charge on any atom is -0.300 e. The lowest BCUT2D eigenvalue weighted by Gasteiger charge is -2.23. The molecule has 0 amide bonds. The van der Waals surface area contributed by atoms with Gasteiger partial charge < -0.3 is 0 Å². The fraction of sp³-hybridized carbons (Fsp3) is 0.280. The van der Waals surface area contributed by atoms with Gasteiger partial charge >= 0.3 is 0 Å². The molecule has 0 saturated heterocycles. The molecule has 0 bridgehead atoms. The Morgan fingerprint density at radius 3 is 1.83 bits per heavy atom. The first kappa shape index (κ1) is 20.8. The molecule has 0 saturated carbocycles. The van der Waals surface area contributed by atoms with E-state index < -0.39 is 10.0 Å². The number of benzene rings is 3. The van der Waals surface area contributed by atoms with Crippen LogP contribution < -0.4 is 5.32 Å². The molecule has 30 heavy (non-hydrogen) atoms. The molecule has 0 unspecified atom stereocenters. The average molecular weight is 421 g/mol. The Hall–Kier alpha value is -2.47. The van der Waals surface area contributed by atoms with Gasteiger partial charge in [-0.1, -0.05) is 74.5 Å². The first-order valence-electron chi connectivity index (χ1n) is 10.5. The topological polar surface area (TPSA) is 49.4 Å². The van der Waals surface area contributed by atoms with E-state index in [4.69, 9.17) is 0 Å². The molecule has 4 rings (SSSR count). The van der Waals surface area contributed by atoms with Crippen molar-refractivity contribution in [1.82, 2.24) is 9.62 Å². The van der Waals surface area contributed by atoms with Crippen molar-refractivity contribution in [1.29, 1.82) is 0 Å². The van der Waals surface area contributed by atoms with Crippen molar-refractivity contribution < 1.29 is 8.42 Å². The number of sulfonamides is 1. The van der Waals surface area contributed by atoms with Gasteiger partial charge in [0.25, 0.3) is 0 Å². The Balaban J connectivity index is 1.59. The SMILES string of the molecule is CCN(CC)S(=O)(=O)c1ccc([C@@H](C)NC2c3ccccc3-c3ccccc32)cc1. The van der Waals surface area contributed by atoms with Crippen molar-refractivity contribution >= 4 is 10.0 Å². The summed E-state index contributed by atoms with van der Waals surface area (Å²) in [5.74, 6) is 0. The van der Waals surface area contributed by atoms with E-state index in [-0.39, 0.29) is 12.1 Å². The van der Waals surface area contributed by atoms with Gasteiger partial charge in [-0.05, 0) is 46.9 Å². The first-order chi connectivity index (χ1) is 14.5. The largest absolute Gasteiger partial charge is 0.300 e. The van der Waals surface area contributed by atoms with Crippen LogP contribution in [0.4, 0.5) is 0 Å². The minimum atomic E-state index is -3.43. The Bertz CT molecular complexity index is 1090.